The Morgan fingerprint density at radius 3 is 3.04 bits per heavy atom. The zero-order chi connectivity index (χ0) is 17.1. The molecule has 3 aromatic rings. The molecule has 0 aliphatic carbocycles. The van der Waals surface area contributed by atoms with Gasteiger partial charge in [0.25, 0.3) is 0 Å². The van der Waals surface area contributed by atoms with Crippen LogP contribution in [0.3, 0.4) is 0 Å². The lowest BCUT2D eigenvalue weighted by Crippen LogP contribution is -2.43. The van der Waals surface area contributed by atoms with Crippen molar-refractivity contribution in [1.29, 1.82) is 0 Å². The number of carbonyl (C=O) groups is 1. The monoisotopic (exact) mass is 337 g/mol. The number of hydrogen-bond acceptors (Lipinski definition) is 4. The zero-order valence-corrected chi connectivity index (χ0v) is 13.6. The van der Waals surface area contributed by atoms with Crippen LogP contribution in [0.25, 0.3) is 5.52 Å². The SMILES string of the molecule is O=C(NCc1cnn2ccccc12)N[C@@H]1CCO[C@H]1c1ccncc1. The predicted molar refractivity (Wildman–Crippen MR) is 91.9 cm³/mol. The summed E-state index contributed by atoms with van der Waals surface area (Å²) < 4.78 is 7.57. The van der Waals surface area contributed by atoms with Gasteiger partial charge in [-0.15, -0.1) is 0 Å². The minimum absolute atomic E-state index is 0.0497. The van der Waals surface area contributed by atoms with Gasteiger partial charge in [0, 0.05) is 37.3 Å². The molecule has 128 valence electrons. The maximum atomic E-state index is 12.3. The van der Waals surface area contributed by atoms with E-state index >= 15 is 0 Å². The van der Waals surface area contributed by atoms with Gasteiger partial charge in [-0.05, 0) is 36.2 Å². The Morgan fingerprint density at radius 2 is 2.16 bits per heavy atom. The Labute approximate surface area is 145 Å². The summed E-state index contributed by atoms with van der Waals surface area (Å²) in [6.45, 7) is 1.05. The van der Waals surface area contributed by atoms with Crippen molar-refractivity contribution in [3.8, 4) is 0 Å². The molecule has 4 rings (SSSR count). The molecule has 0 bridgehead atoms. The average molecular weight is 337 g/mol. The summed E-state index contributed by atoms with van der Waals surface area (Å²) in [5.41, 5.74) is 2.99. The molecule has 4 heterocycles. The maximum absolute atomic E-state index is 12.3. The van der Waals surface area contributed by atoms with E-state index in [0.717, 1.165) is 23.1 Å². The molecule has 0 unspecified atom stereocenters. The largest absolute Gasteiger partial charge is 0.371 e. The quantitative estimate of drug-likeness (QED) is 0.764. The smallest absolute Gasteiger partial charge is 0.315 e. The Kier molecular flexibility index (Phi) is 4.30. The summed E-state index contributed by atoms with van der Waals surface area (Å²) in [5, 5.41) is 10.2. The Morgan fingerprint density at radius 1 is 1.28 bits per heavy atom. The number of amides is 2. The minimum Gasteiger partial charge on any atom is -0.371 e. The van der Waals surface area contributed by atoms with E-state index in [2.05, 4.69) is 20.7 Å². The molecule has 2 N–H and O–H groups in total. The van der Waals surface area contributed by atoms with Crippen molar-refractivity contribution < 1.29 is 9.53 Å². The predicted octanol–water partition coefficient (Wildman–Crippen LogP) is 2.06. The van der Waals surface area contributed by atoms with Crippen molar-refractivity contribution in [2.45, 2.75) is 25.1 Å². The fourth-order valence-electron chi connectivity index (χ4n) is 3.14. The average Bonchev–Trinajstić information content (AvgIpc) is 3.27. The summed E-state index contributed by atoms with van der Waals surface area (Å²) in [6.07, 6.45) is 7.78. The fourth-order valence-corrected chi connectivity index (χ4v) is 3.14. The lowest BCUT2D eigenvalue weighted by molar-refractivity contribution is 0.0998. The molecule has 25 heavy (non-hydrogen) atoms. The van der Waals surface area contributed by atoms with E-state index in [9.17, 15) is 4.79 Å². The number of hydrogen-bond donors (Lipinski definition) is 2. The van der Waals surface area contributed by atoms with Crippen LogP contribution in [0.2, 0.25) is 0 Å². The van der Waals surface area contributed by atoms with Gasteiger partial charge in [-0.3, -0.25) is 4.98 Å². The van der Waals surface area contributed by atoms with Crippen LogP contribution >= 0.6 is 0 Å². The molecular formula is C18H19N5O2. The van der Waals surface area contributed by atoms with Gasteiger partial charge in [0.05, 0.1) is 17.8 Å². The van der Waals surface area contributed by atoms with Gasteiger partial charge < -0.3 is 15.4 Å². The fraction of sp³-hybridized carbons (Fsp3) is 0.278. The van der Waals surface area contributed by atoms with Gasteiger partial charge in [0.15, 0.2) is 0 Å². The van der Waals surface area contributed by atoms with E-state index in [-0.39, 0.29) is 18.2 Å². The van der Waals surface area contributed by atoms with E-state index in [1.165, 1.54) is 0 Å². The molecule has 0 spiro atoms. The topological polar surface area (TPSA) is 80.6 Å². The normalized spacial score (nSPS) is 19.8. The summed E-state index contributed by atoms with van der Waals surface area (Å²) in [4.78, 5) is 16.3. The van der Waals surface area contributed by atoms with E-state index in [0.29, 0.717) is 13.2 Å². The molecule has 7 nitrogen and oxygen atoms in total. The highest BCUT2D eigenvalue weighted by Crippen LogP contribution is 2.28. The molecule has 1 fully saturated rings. The summed E-state index contributed by atoms with van der Waals surface area (Å²) in [7, 11) is 0. The van der Waals surface area contributed by atoms with Crippen LogP contribution in [0, 0.1) is 0 Å². The highest BCUT2D eigenvalue weighted by atomic mass is 16.5. The molecule has 7 heteroatoms. The number of carbonyl (C=O) groups excluding carboxylic acids is 1. The molecule has 1 aliphatic rings. The first kappa shape index (κ1) is 15.6. The number of aromatic nitrogens is 3. The molecule has 2 atom stereocenters. The van der Waals surface area contributed by atoms with Crippen LogP contribution in [0.4, 0.5) is 4.79 Å². The number of ether oxygens (including phenoxy) is 1. The first-order chi connectivity index (χ1) is 12.3. The second-order valence-corrected chi connectivity index (χ2v) is 5.99. The Hall–Kier alpha value is -2.93. The van der Waals surface area contributed by atoms with Crippen molar-refractivity contribution in [3.05, 3.63) is 66.2 Å². The summed E-state index contributed by atoms with van der Waals surface area (Å²) in [5.74, 6) is 0. The molecule has 1 aliphatic heterocycles. The first-order valence-corrected chi connectivity index (χ1v) is 8.28. The highest BCUT2D eigenvalue weighted by molar-refractivity contribution is 5.74. The van der Waals surface area contributed by atoms with Crippen LogP contribution < -0.4 is 10.6 Å². The number of nitrogens with zero attached hydrogens (tertiary/aromatic N) is 3. The minimum atomic E-state index is -0.204. The van der Waals surface area contributed by atoms with Crippen molar-refractivity contribution in [3.63, 3.8) is 0 Å². The van der Waals surface area contributed by atoms with E-state index in [1.54, 1.807) is 23.1 Å². The summed E-state index contributed by atoms with van der Waals surface area (Å²) >= 11 is 0. The van der Waals surface area contributed by atoms with Crippen LogP contribution in [0.1, 0.15) is 23.7 Å². The first-order valence-electron chi connectivity index (χ1n) is 8.28. The van der Waals surface area contributed by atoms with E-state index in [4.69, 9.17) is 4.74 Å². The van der Waals surface area contributed by atoms with Crippen molar-refractivity contribution in [2.24, 2.45) is 0 Å². The third-order valence-electron chi connectivity index (χ3n) is 4.39. The van der Waals surface area contributed by atoms with E-state index < -0.39 is 0 Å². The van der Waals surface area contributed by atoms with E-state index in [1.807, 2.05) is 36.5 Å². The number of fused-ring (bicyclic) bond motifs is 1. The van der Waals surface area contributed by atoms with Crippen LogP contribution in [-0.2, 0) is 11.3 Å². The molecule has 2 amide bonds. The number of urea groups is 1. The van der Waals surface area contributed by atoms with Crippen molar-refractivity contribution >= 4 is 11.5 Å². The molecule has 3 aromatic heterocycles. The number of rotatable bonds is 4. The lowest BCUT2D eigenvalue weighted by atomic mass is 10.0. The van der Waals surface area contributed by atoms with Gasteiger partial charge in [-0.2, -0.15) is 5.10 Å². The molecule has 1 saturated heterocycles. The second-order valence-electron chi connectivity index (χ2n) is 5.99. The molecule has 0 saturated carbocycles. The Balaban J connectivity index is 1.37. The van der Waals surface area contributed by atoms with Crippen molar-refractivity contribution in [2.75, 3.05) is 6.61 Å². The molecule has 0 aromatic carbocycles. The third kappa shape index (κ3) is 3.32. The van der Waals surface area contributed by atoms with Gasteiger partial charge in [-0.1, -0.05) is 6.07 Å². The standard InChI is InChI=1S/C18H19N5O2/c24-18(20-11-14-12-21-23-9-2-1-3-16(14)23)22-15-6-10-25-17(15)13-4-7-19-8-5-13/h1-5,7-9,12,15,17H,6,10-11H2,(H2,20,22,24)/t15-,17+/m1/s1. The number of nitrogens with one attached hydrogen (secondary N) is 2. The zero-order valence-electron chi connectivity index (χ0n) is 13.6. The van der Waals surface area contributed by atoms with Crippen LogP contribution in [-0.4, -0.2) is 33.3 Å². The maximum Gasteiger partial charge on any atom is 0.315 e. The third-order valence-corrected chi connectivity index (χ3v) is 4.39. The van der Waals surface area contributed by atoms with Crippen molar-refractivity contribution in [1.82, 2.24) is 25.2 Å². The Bertz CT molecular complexity index is 864. The second kappa shape index (κ2) is 6.90. The molecule has 0 radical (unpaired) electrons. The highest BCUT2D eigenvalue weighted by Gasteiger charge is 2.30. The number of pyridine rings is 2. The van der Waals surface area contributed by atoms with Gasteiger partial charge in [0.1, 0.15) is 6.10 Å². The summed E-state index contributed by atoms with van der Waals surface area (Å²) in [6, 6.07) is 9.44. The van der Waals surface area contributed by atoms with Gasteiger partial charge in [-0.25, -0.2) is 9.31 Å². The van der Waals surface area contributed by atoms with Gasteiger partial charge in [0.2, 0.25) is 0 Å². The van der Waals surface area contributed by atoms with Gasteiger partial charge >= 0.3 is 6.03 Å². The molecular weight excluding hydrogens is 318 g/mol. The van der Waals surface area contributed by atoms with Crippen LogP contribution in [0.15, 0.2) is 55.1 Å². The lowest BCUT2D eigenvalue weighted by Gasteiger charge is -2.20. The van der Waals surface area contributed by atoms with Crippen LogP contribution in [0.5, 0.6) is 0 Å².